The average Bonchev–Trinajstić information content (AvgIpc) is 2.41. The summed E-state index contributed by atoms with van der Waals surface area (Å²) in [5.74, 6) is -1.67. The van der Waals surface area contributed by atoms with Crippen molar-refractivity contribution in [2.75, 3.05) is 11.4 Å². The van der Waals surface area contributed by atoms with Gasteiger partial charge in [0.05, 0.1) is 6.42 Å². The molecular weight excluding hydrogens is 287 g/mol. The Balaban J connectivity index is 2.72. The lowest BCUT2D eigenvalue weighted by atomic mass is 10.2. The van der Waals surface area contributed by atoms with Gasteiger partial charge in [0.2, 0.25) is 5.91 Å². The van der Waals surface area contributed by atoms with E-state index in [9.17, 15) is 22.8 Å². The first-order chi connectivity index (χ1) is 9.79. The van der Waals surface area contributed by atoms with Crippen LogP contribution in [0.1, 0.15) is 25.7 Å². The molecule has 0 aliphatic rings. The molecule has 7 heteroatoms. The highest BCUT2D eigenvalue weighted by Gasteiger charge is 2.29. The molecule has 4 nitrogen and oxygen atoms in total. The van der Waals surface area contributed by atoms with E-state index in [2.05, 4.69) is 0 Å². The van der Waals surface area contributed by atoms with Crippen LogP contribution in [0.2, 0.25) is 0 Å². The summed E-state index contributed by atoms with van der Waals surface area (Å²) in [4.78, 5) is 23.6. The zero-order chi connectivity index (χ0) is 15.9. The monoisotopic (exact) mass is 303 g/mol. The number of carbonyl (C=O) groups is 2. The number of para-hydroxylation sites is 1. The second kappa shape index (κ2) is 7.66. The van der Waals surface area contributed by atoms with Gasteiger partial charge in [-0.15, -0.1) is 0 Å². The van der Waals surface area contributed by atoms with Crippen LogP contribution in [-0.4, -0.2) is 29.7 Å². The third kappa shape index (κ3) is 6.78. The first kappa shape index (κ1) is 17.0. The Morgan fingerprint density at radius 2 is 1.71 bits per heavy atom. The Morgan fingerprint density at radius 1 is 1.10 bits per heavy atom. The fourth-order valence-corrected chi connectivity index (χ4v) is 1.78. The molecule has 1 rings (SSSR count). The van der Waals surface area contributed by atoms with Crippen molar-refractivity contribution in [2.24, 2.45) is 0 Å². The number of nitrogens with zero attached hydrogens (tertiary/aromatic N) is 1. The van der Waals surface area contributed by atoms with Crippen molar-refractivity contribution in [1.82, 2.24) is 0 Å². The normalized spacial score (nSPS) is 11.2. The number of anilines is 1. The van der Waals surface area contributed by atoms with Gasteiger partial charge in [-0.05, 0) is 18.6 Å². The summed E-state index contributed by atoms with van der Waals surface area (Å²) in [6.07, 6.45) is -6.18. The van der Waals surface area contributed by atoms with Gasteiger partial charge in [-0.1, -0.05) is 18.2 Å². The smallest absolute Gasteiger partial charge is 0.389 e. The van der Waals surface area contributed by atoms with Gasteiger partial charge in [0.15, 0.2) is 0 Å². The number of hydrogen-bond acceptors (Lipinski definition) is 2. The van der Waals surface area contributed by atoms with E-state index in [0.29, 0.717) is 5.69 Å². The summed E-state index contributed by atoms with van der Waals surface area (Å²) in [6, 6.07) is 8.25. The van der Waals surface area contributed by atoms with Gasteiger partial charge in [0.1, 0.15) is 0 Å². The second-order valence-electron chi connectivity index (χ2n) is 4.49. The number of rotatable bonds is 7. The van der Waals surface area contributed by atoms with Crippen LogP contribution in [-0.2, 0) is 9.59 Å². The third-order valence-corrected chi connectivity index (χ3v) is 2.76. The second-order valence-corrected chi connectivity index (χ2v) is 4.49. The highest BCUT2D eigenvalue weighted by Crippen LogP contribution is 2.23. The molecule has 0 bridgehead atoms. The molecule has 1 N–H and O–H groups in total. The molecule has 0 saturated heterocycles. The standard InChI is InChI=1S/C14H16F3NO3/c15-14(16,17)9-8-12(19)18(10-4-7-13(20)21)11-5-2-1-3-6-11/h1-3,5-6H,4,7-10H2,(H,20,21). The number of hydrogen-bond donors (Lipinski definition) is 1. The fraction of sp³-hybridized carbons (Fsp3) is 0.429. The molecule has 0 aliphatic heterocycles. The van der Waals surface area contributed by atoms with Crippen LogP contribution < -0.4 is 4.90 Å². The SMILES string of the molecule is O=C(O)CCCN(C(=O)CCC(F)(F)F)c1ccccc1. The van der Waals surface area contributed by atoms with Crippen LogP contribution in [0.15, 0.2) is 30.3 Å². The fourth-order valence-electron chi connectivity index (χ4n) is 1.78. The van der Waals surface area contributed by atoms with Crippen LogP contribution in [0.3, 0.4) is 0 Å². The zero-order valence-electron chi connectivity index (χ0n) is 11.3. The largest absolute Gasteiger partial charge is 0.481 e. The van der Waals surface area contributed by atoms with Crippen LogP contribution in [0.4, 0.5) is 18.9 Å². The Labute approximate surface area is 120 Å². The molecule has 0 spiro atoms. The lowest BCUT2D eigenvalue weighted by Crippen LogP contribution is -2.33. The third-order valence-electron chi connectivity index (χ3n) is 2.76. The first-order valence-electron chi connectivity index (χ1n) is 6.43. The maximum atomic E-state index is 12.2. The molecule has 1 aromatic rings. The molecule has 0 aromatic heterocycles. The molecule has 0 aliphatic carbocycles. The molecule has 0 heterocycles. The van der Waals surface area contributed by atoms with Crippen molar-refractivity contribution >= 4 is 17.6 Å². The summed E-state index contributed by atoms with van der Waals surface area (Å²) in [7, 11) is 0. The number of benzene rings is 1. The number of carboxylic acid groups (broad SMARTS) is 1. The minimum Gasteiger partial charge on any atom is -0.481 e. The zero-order valence-corrected chi connectivity index (χ0v) is 11.3. The van der Waals surface area contributed by atoms with Gasteiger partial charge in [0.25, 0.3) is 0 Å². The molecule has 0 fully saturated rings. The number of amides is 1. The van der Waals surface area contributed by atoms with E-state index >= 15 is 0 Å². The van der Waals surface area contributed by atoms with Crippen molar-refractivity contribution in [3.8, 4) is 0 Å². The molecular formula is C14H16F3NO3. The summed E-state index contributed by atoms with van der Waals surface area (Å²) in [6.45, 7) is 0.0764. The van der Waals surface area contributed by atoms with E-state index in [-0.39, 0.29) is 19.4 Å². The van der Waals surface area contributed by atoms with Crippen molar-refractivity contribution in [3.05, 3.63) is 30.3 Å². The molecule has 0 atom stereocenters. The Morgan fingerprint density at radius 3 is 2.24 bits per heavy atom. The molecule has 0 unspecified atom stereocenters. The minimum absolute atomic E-state index is 0.0764. The van der Waals surface area contributed by atoms with Gasteiger partial charge >= 0.3 is 12.1 Å². The summed E-state index contributed by atoms with van der Waals surface area (Å²) >= 11 is 0. The van der Waals surface area contributed by atoms with Gasteiger partial charge in [-0.3, -0.25) is 9.59 Å². The number of carbonyl (C=O) groups excluding carboxylic acids is 1. The van der Waals surface area contributed by atoms with E-state index < -0.39 is 30.9 Å². The van der Waals surface area contributed by atoms with Crippen LogP contribution in [0, 0.1) is 0 Å². The number of aliphatic carboxylic acids is 1. The summed E-state index contributed by atoms with van der Waals surface area (Å²) < 4.78 is 36.6. The maximum absolute atomic E-state index is 12.2. The van der Waals surface area contributed by atoms with E-state index in [1.54, 1.807) is 30.3 Å². The van der Waals surface area contributed by atoms with Crippen LogP contribution in [0.25, 0.3) is 0 Å². The van der Waals surface area contributed by atoms with Crippen LogP contribution >= 0.6 is 0 Å². The molecule has 21 heavy (non-hydrogen) atoms. The van der Waals surface area contributed by atoms with Crippen LogP contribution in [0.5, 0.6) is 0 Å². The van der Waals surface area contributed by atoms with Crippen molar-refractivity contribution < 1.29 is 27.9 Å². The first-order valence-corrected chi connectivity index (χ1v) is 6.43. The van der Waals surface area contributed by atoms with E-state index in [0.717, 1.165) is 0 Å². The quantitative estimate of drug-likeness (QED) is 0.841. The minimum atomic E-state index is -4.39. The number of halogens is 3. The highest BCUT2D eigenvalue weighted by atomic mass is 19.4. The molecule has 116 valence electrons. The molecule has 0 saturated carbocycles. The topological polar surface area (TPSA) is 57.6 Å². The van der Waals surface area contributed by atoms with Crippen molar-refractivity contribution in [2.45, 2.75) is 31.9 Å². The van der Waals surface area contributed by atoms with Gasteiger partial charge < -0.3 is 10.0 Å². The van der Waals surface area contributed by atoms with Crippen molar-refractivity contribution in [1.29, 1.82) is 0 Å². The lowest BCUT2D eigenvalue weighted by molar-refractivity contribution is -0.143. The van der Waals surface area contributed by atoms with Gasteiger partial charge in [-0.2, -0.15) is 13.2 Å². The molecule has 1 amide bonds. The average molecular weight is 303 g/mol. The van der Waals surface area contributed by atoms with E-state index in [4.69, 9.17) is 5.11 Å². The van der Waals surface area contributed by atoms with E-state index in [1.165, 1.54) is 4.90 Å². The predicted molar refractivity (Wildman–Crippen MR) is 71.0 cm³/mol. The number of alkyl halides is 3. The number of carboxylic acids is 1. The summed E-state index contributed by atoms with van der Waals surface area (Å²) in [5.41, 5.74) is 0.468. The van der Waals surface area contributed by atoms with Gasteiger partial charge in [0, 0.05) is 25.1 Å². The maximum Gasteiger partial charge on any atom is 0.389 e. The lowest BCUT2D eigenvalue weighted by Gasteiger charge is -2.23. The van der Waals surface area contributed by atoms with E-state index in [1.807, 2.05) is 0 Å². The Bertz CT molecular complexity index is 474. The van der Waals surface area contributed by atoms with Crippen molar-refractivity contribution in [3.63, 3.8) is 0 Å². The predicted octanol–water partition coefficient (Wildman–Crippen LogP) is 3.23. The van der Waals surface area contributed by atoms with Gasteiger partial charge in [-0.25, -0.2) is 0 Å². The highest BCUT2D eigenvalue weighted by molar-refractivity contribution is 5.93. The Hall–Kier alpha value is -2.05. The molecule has 1 aromatic carbocycles. The Kier molecular flexibility index (Phi) is 6.20. The summed E-state index contributed by atoms with van der Waals surface area (Å²) in [5, 5.41) is 8.59. The molecule has 0 radical (unpaired) electrons.